The molecule has 0 saturated heterocycles. The lowest BCUT2D eigenvalue weighted by Gasteiger charge is -2.30. The normalized spacial score (nSPS) is 11.7. The molecule has 0 fully saturated rings. The summed E-state index contributed by atoms with van der Waals surface area (Å²) in [6, 6.07) is 10.3. The summed E-state index contributed by atoms with van der Waals surface area (Å²) < 4.78 is 0. The smallest absolute Gasteiger partial charge is 0.0722 e. The maximum absolute atomic E-state index is 4.38. The lowest BCUT2D eigenvalue weighted by atomic mass is 9.95. The number of aromatic nitrogens is 1. The van der Waals surface area contributed by atoms with Gasteiger partial charge in [-0.1, -0.05) is 32.0 Å². The molecular weight excluding hydrogens is 208 g/mol. The standard InChI is InChI=1S/C15H20N2/c1-4-15(3,5-2)17-14-10-11-16-13-9-7-6-8-12(13)14/h6-11H,4-5H2,1-3H3,(H,16,17). The first-order chi connectivity index (χ1) is 8.18. The van der Waals surface area contributed by atoms with E-state index in [1.165, 1.54) is 11.1 Å². The number of nitrogens with zero attached hydrogens (tertiary/aromatic N) is 1. The molecule has 2 rings (SSSR count). The predicted molar refractivity (Wildman–Crippen MR) is 74.4 cm³/mol. The van der Waals surface area contributed by atoms with E-state index in [4.69, 9.17) is 0 Å². The Hall–Kier alpha value is -1.57. The van der Waals surface area contributed by atoms with E-state index in [0.29, 0.717) is 0 Å². The van der Waals surface area contributed by atoms with Gasteiger partial charge >= 0.3 is 0 Å². The van der Waals surface area contributed by atoms with E-state index in [1.54, 1.807) is 0 Å². The van der Waals surface area contributed by atoms with E-state index in [-0.39, 0.29) is 5.54 Å². The first-order valence-corrected chi connectivity index (χ1v) is 6.30. The quantitative estimate of drug-likeness (QED) is 0.847. The molecule has 0 aliphatic carbocycles. The summed E-state index contributed by atoms with van der Waals surface area (Å²) in [4.78, 5) is 4.38. The van der Waals surface area contributed by atoms with E-state index in [9.17, 15) is 0 Å². The molecular formula is C15H20N2. The highest BCUT2D eigenvalue weighted by molar-refractivity contribution is 5.91. The molecule has 0 aliphatic heterocycles. The molecule has 2 aromatic rings. The third-order valence-corrected chi connectivity index (χ3v) is 3.65. The molecule has 1 N–H and O–H groups in total. The van der Waals surface area contributed by atoms with Crippen molar-refractivity contribution in [1.29, 1.82) is 0 Å². The molecule has 1 aromatic carbocycles. The van der Waals surface area contributed by atoms with Crippen LogP contribution in [0.4, 0.5) is 5.69 Å². The van der Waals surface area contributed by atoms with Crippen LogP contribution in [0.15, 0.2) is 36.5 Å². The molecule has 0 saturated carbocycles. The van der Waals surface area contributed by atoms with Crippen LogP contribution in [-0.2, 0) is 0 Å². The average Bonchev–Trinajstić information content (AvgIpc) is 2.39. The van der Waals surface area contributed by atoms with E-state index < -0.39 is 0 Å². The largest absolute Gasteiger partial charge is 0.379 e. The highest BCUT2D eigenvalue weighted by Gasteiger charge is 2.19. The maximum atomic E-state index is 4.38. The van der Waals surface area contributed by atoms with Crippen molar-refractivity contribution in [3.8, 4) is 0 Å². The minimum Gasteiger partial charge on any atom is -0.379 e. The molecule has 17 heavy (non-hydrogen) atoms. The second kappa shape index (κ2) is 4.74. The summed E-state index contributed by atoms with van der Waals surface area (Å²) in [7, 11) is 0. The summed E-state index contributed by atoms with van der Waals surface area (Å²) in [5, 5.41) is 4.86. The van der Waals surface area contributed by atoms with Gasteiger partial charge in [-0.15, -0.1) is 0 Å². The minimum absolute atomic E-state index is 0.157. The summed E-state index contributed by atoms with van der Waals surface area (Å²) in [6.45, 7) is 6.71. The van der Waals surface area contributed by atoms with Crippen LogP contribution in [0.3, 0.4) is 0 Å². The first-order valence-electron chi connectivity index (χ1n) is 6.30. The molecule has 0 radical (unpaired) electrons. The van der Waals surface area contributed by atoms with E-state index in [1.807, 2.05) is 12.3 Å². The Morgan fingerprint density at radius 1 is 1.12 bits per heavy atom. The van der Waals surface area contributed by atoms with Crippen molar-refractivity contribution in [2.75, 3.05) is 5.32 Å². The fraction of sp³-hybridized carbons (Fsp3) is 0.400. The van der Waals surface area contributed by atoms with Crippen LogP contribution >= 0.6 is 0 Å². The monoisotopic (exact) mass is 228 g/mol. The maximum Gasteiger partial charge on any atom is 0.0722 e. The highest BCUT2D eigenvalue weighted by atomic mass is 15.0. The Kier molecular flexibility index (Phi) is 3.32. The molecule has 0 spiro atoms. The van der Waals surface area contributed by atoms with Crippen LogP contribution in [0.5, 0.6) is 0 Å². The lowest BCUT2D eigenvalue weighted by Crippen LogP contribution is -2.33. The molecule has 1 heterocycles. The molecule has 0 unspecified atom stereocenters. The zero-order valence-electron chi connectivity index (χ0n) is 10.8. The summed E-state index contributed by atoms with van der Waals surface area (Å²) >= 11 is 0. The average molecular weight is 228 g/mol. The van der Waals surface area contributed by atoms with E-state index in [2.05, 4.69) is 55.3 Å². The number of para-hydroxylation sites is 1. The number of pyridine rings is 1. The zero-order valence-corrected chi connectivity index (χ0v) is 10.8. The van der Waals surface area contributed by atoms with Crippen molar-refractivity contribution < 1.29 is 0 Å². The Morgan fingerprint density at radius 3 is 2.53 bits per heavy atom. The van der Waals surface area contributed by atoms with Gasteiger partial charge in [-0.2, -0.15) is 0 Å². The van der Waals surface area contributed by atoms with E-state index >= 15 is 0 Å². The third kappa shape index (κ3) is 2.41. The number of fused-ring (bicyclic) bond motifs is 1. The van der Waals surface area contributed by atoms with Crippen molar-refractivity contribution in [2.24, 2.45) is 0 Å². The number of hydrogen-bond donors (Lipinski definition) is 1. The van der Waals surface area contributed by atoms with Gasteiger partial charge in [0.2, 0.25) is 0 Å². The second-order valence-electron chi connectivity index (χ2n) is 4.77. The summed E-state index contributed by atoms with van der Waals surface area (Å²) in [5.74, 6) is 0. The number of rotatable bonds is 4. The topological polar surface area (TPSA) is 24.9 Å². The van der Waals surface area contributed by atoms with Gasteiger partial charge in [0, 0.05) is 22.8 Å². The van der Waals surface area contributed by atoms with Gasteiger partial charge in [0.1, 0.15) is 0 Å². The van der Waals surface area contributed by atoms with Crippen molar-refractivity contribution in [1.82, 2.24) is 4.98 Å². The molecule has 2 heteroatoms. The molecule has 90 valence electrons. The van der Waals surface area contributed by atoms with E-state index in [0.717, 1.165) is 18.4 Å². The fourth-order valence-electron chi connectivity index (χ4n) is 1.96. The Labute approximate surface area is 103 Å². The van der Waals surface area contributed by atoms with Gasteiger partial charge < -0.3 is 5.32 Å². The van der Waals surface area contributed by atoms with Crippen LogP contribution in [0.1, 0.15) is 33.6 Å². The van der Waals surface area contributed by atoms with Crippen LogP contribution in [-0.4, -0.2) is 10.5 Å². The predicted octanol–water partition coefficient (Wildman–Crippen LogP) is 4.23. The van der Waals surface area contributed by atoms with Crippen molar-refractivity contribution in [3.05, 3.63) is 36.5 Å². The minimum atomic E-state index is 0.157. The van der Waals surface area contributed by atoms with Crippen LogP contribution in [0.2, 0.25) is 0 Å². The van der Waals surface area contributed by atoms with Crippen LogP contribution in [0, 0.1) is 0 Å². The zero-order chi connectivity index (χ0) is 12.3. The fourth-order valence-corrected chi connectivity index (χ4v) is 1.96. The highest BCUT2D eigenvalue weighted by Crippen LogP contribution is 2.27. The first kappa shape index (κ1) is 11.9. The molecule has 0 amide bonds. The van der Waals surface area contributed by atoms with Crippen molar-refractivity contribution >= 4 is 16.6 Å². The van der Waals surface area contributed by atoms with Gasteiger partial charge in [-0.3, -0.25) is 4.98 Å². The lowest BCUT2D eigenvalue weighted by molar-refractivity contribution is 0.479. The molecule has 2 nitrogen and oxygen atoms in total. The number of benzene rings is 1. The summed E-state index contributed by atoms with van der Waals surface area (Å²) in [6.07, 6.45) is 4.09. The van der Waals surface area contributed by atoms with Gasteiger partial charge in [0.05, 0.1) is 5.52 Å². The third-order valence-electron chi connectivity index (χ3n) is 3.65. The summed E-state index contributed by atoms with van der Waals surface area (Å²) in [5.41, 5.74) is 2.39. The van der Waals surface area contributed by atoms with Crippen LogP contribution < -0.4 is 5.32 Å². The SMILES string of the molecule is CCC(C)(CC)Nc1ccnc2ccccc12. The Morgan fingerprint density at radius 2 is 1.82 bits per heavy atom. The van der Waals surface area contributed by atoms with Gasteiger partial charge in [0.15, 0.2) is 0 Å². The number of hydrogen-bond acceptors (Lipinski definition) is 2. The Balaban J connectivity index is 2.42. The number of nitrogens with one attached hydrogen (secondary N) is 1. The van der Waals surface area contributed by atoms with Gasteiger partial charge in [-0.25, -0.2) is 0 Å². The number of anilines is 1. The Bertz CT molecular complexity index is 496. The molecule has 0 atom stereocenters. The molecule has 0 aliphatic rings. The van der Waals surface area contributed by atoms with Gasteiger partial charge in [0.25, 0.3) is 0 Å². The second-order valence-corrected chi connectivity index (χ2v) is 4.77. The van der Waals surface area contributed by atoms with Crippen molar-refractivity contribution in [2.45, 2.75) is 39.2 Å². The van der Waals surface area contributed by atoms with Gasteiger partial charge in [-0.05, 0) is 31.9 Å². The molecule has 0 bridgehead atoms. The van der Waals surface area contributed by atoms with Crippen molar-refractivity contribution in [3.63, 3.8) is 0 Å². The van der Waals surface area contributed by atoms with Crippen LogP contribution in [0.25, 0.3) is 10.9 Å². The molecule has 1 aromatic heterocycles.